The number of benzene rings is 1. The van der Waals surface area contributed by atoms with Crippen LogP contribution in [0.15, 0.2) is 34.7 Å². The number of rotatable bonds is 5. The topological polar surface area (TPSA) is 28.4 Å². The molecule has 0 spiro atoms. The summed E-state index contributed by atoms with van der Waals surface area (Å²) in [4.78, 5) is 2.59. The largest absolute Gasteiger partial charge is 0.459 e. The lowest BCUT2D eigenvalue weighted by Gasteiger charge is -2.26. The Morgan fingerprint density at radius 3 is 2.81 bits per heavy atom. The summed E-state index contributed by atoms with van der Waals surface area (Å²) in [5.41, 5.74) is 0.984. The van der Waals surface area contributed by atoms with E-state index in [4.69, 9.17) is 4.42 Å². The van der Waals surface area contributed by atoms with Crippen LogP contribution >= 0.6 is 0 Å². The van der Waals surface area contributed by atoms with Gasteiger partial charge in [-0.2, -0.15) is 0 Å². The number of fused-ring (bicyclic) bond motifs is 1. The summed E-state index contributed by atoms with van der Waals surface area (Å²) < 4.78 is 6.07. The molecule has 3 heteroatoms. The van der Waals surface area contributed by atoms with Crippen LogP contribution in [0.4, 0.5) is 0 Å². The Hall–Kier alpha value is -1.32. The molecular formula is C18H26N2O. The van der Waals surface area contributed by atoms with Crippen LogP contribution in [0.1, 0.15) is 39.0 Å². The Morgan fingerprint density at radius 1 is 1.33 bits per heavy atom. The van der Waals surface area contributed by atoms with Crippen LogP contribution in [0.25, 0.3) is 11.0 Å². The molecule has 0 radical (unpaired) electrons. The molecule has 1 aliphatic rings. The molecule has 3 unspecified atom stereocenters. The van der Waals surface area contributed by atoms with E-state index in [1.54, 1.807) is 0 Å². The van der Waals surface area contributed by atoms with Gasteiger partial charge in [-0.15, -0.1) is 0 Å². The number of para-hydroxylation sites is 1. The third-order valence-electron chi connectivity index (χ3n) is 4.57. The highest BCUT2D eigenvalue weighted by Crippen LogP contribution is 2.28. The van der Waals surface area contributed by atoms with Crippen LogP contribution in [0.5, 0.6) is 0 Å². The van der Waals surface area contributed by atoms with Crippen LogP contribution in [0.2, 0.25) is 0 Å². The van der Waals surface area contributed by atoms with Crippen molar-refractivity contribution in [3.05, 3.63) is 36.1 Å². The molecule has 1 saturated heterocycles. The summed E-state index contributed by atoms with van der Waals surface area (Å²) in [7, 11) is 0. The van der Waals surface area contributed by atoms with Gasteiger partial charge >= 0.3 is 0 Å². The molecule has 0 saturated carbocycles. The molecule has 0 amide bonds. The maximum absolute atomic E-state index is 6.07. The van der Waals surface area contributed by atoms with E-state index < -0.39 is 0 Å². The standard InChI is InChI=1S/C18H26N2O/c1-4-19-16(12-20-11-13(2)9-14(20)3)18-10-15-7-5-6-8-17(15)21-18/h5-8,10,13-14,16,19H,4,9,11-12H2,1-3H3. The van der Waals surface area contributed by atoms with Crippen molar-refractivity contribution in [2.24, 2.45) is 5.92 Å². The highest BCUT2D eigenvalue weighted by Gasteiger charge is 2.29. The van der Waals surface area contributed by atoms with E-state index in [0.717, 1.165) is 30.4 Å². The molecule has 3 atom stereocenters. The zero-order valence-electron chi connectivity index (χ0n) is 13.3. The zero-order valence-corrected chi connectivity index (χ0v) is 13.3. The Kier molecular flexibility index (Phi) is 4.32. The van der Waals surface area contributed by atoms with Gasteiger partial charge in [-0.05, 0) is 37.9 Å². The Morgan fingerprint density at radius 2 is 2.14 bits per heavy atom. The molecule has 21 heavy (non-hydrogen) atoms. The first kappa shape index (κ1) is 14.6. The monoisotopic (exact) mass is 286 g/mol. The summed E-state index contributed by atoms with van der Waals surface area (Å²) in [5.74, 6) is 1.86. The molecule has 3 nitrogen and oxygen atoms in total. The Balaban J connectivity index is 1.80. The minimum atomic E-state index is 0.273. The van der Waals surface area contributed by atoms with Crippen LogP contribution in [0, 0.1) is 5.92 Å². The number of hydrogen-bond acceptors (Lipinski definition) is 3. The summed E-state index contributed by atoms with van der Waals surface area (Å²) in [6.45, 7) is 10.0. The second-order valence-corrected chi connectivity index (χ2v) is 6.44. The van der Waals surface area contributed by atoms with Crippen molar-refractivity contribution >= 4 is 11.0 Å². The van der Waals surface area contributed by atoms with E-state index >= 15 is 0 Å². The van der Waals surface area contributed by atoms with Gasteiger partial charge in [0.05, 0.1) is 6.04 Å². The number of hydrogen-bond donors (Lipinski definition) is 1. The molecule has 114 valence electrons. The summed E-state index contributed by atoms with van der Waals surface area (Å²) in [6.07, 6.45) is 1.30. The Bertz CT molecular complexity index is 559. The quantitative estimate of drug-likeness (QED) is 0.906. The molecule has 2 aromatic rings. The number of likely N-dealkylation sites (N-methyl/N-ethyl adjacent to an activating group) is 1. The predicted octanol–water partition coefficient (Wildman–Crippen LogP) is 3.81. The lowest BCUT2D eigenvalue weighted by atomic mass is 10.1. The highest BCUT2D eigenvalue weighted by atomic mass is 16.3. The summed E-state index contributed by atoms with van der Waals surface area (Å²) >= 11 is 0. The third kappa shape index (κ3) is 3.14. The van der Waals surface area contributed by atoms with E-state index in [2.05, 4.69) is 49.2 Å². The number of likely N-dealkylation sites (tertiary alicyclic amines) is 1. The smallest absolute Gasteiger partial charge is 0.134 e. The van der Waals surface area contributed by atoms with Crippen LogP contribution in [0.3, 0.4) is 0 Å². The molecule has 1 N–H and O–H groups in total. The Labute approximate surface area is 127 Å². The number of furan rings is 1. The fourth-order valence-electron chi connectivity index (χ4n) is 3.55. The first-order valence-corrected chi connectivity index (χ1v) is 8.13. The lowest BCUT2D eigenvalue weighted by molar-refractivity contribution is 0.224. The van der Waals surface area contributed by atoms with Crippen LogP contribution in [-0.2, 0) is 0 Å². The zero-order chi connectivity index (χ0) is 14.8. The van der Waals surface area contributed by atoms with Crippen molar-refractivity contribution in [2.75, 3.05) is 19.6 Å². The van der Waals surface area contributed by atoms with E-state index in [1.807, 2.05) is 12.1 Å². The van der Waals surface area contributed by atoms with Gasteiger partial charge in [0.1, 0.15) is 11.3 Å². The normalized spacial score (nSPS) is 24.7. The fourth-order valence-corrected chi connectivity index (χ4v) is 3.55. The van der Waals surface area contributed by atoms with E-state index in [1.165, 1.54) is 18.4 Å². The van der Waals surface area contributed by atoms with E-state index in [9.17, 15) is 0 Å². The van der Waals surface area contributed by atoms with E-state index in [0.29, 0.717) is 6.04 Å². The van der Waals surface area contributed by atoms with Gasteiger partial charge in [-0.25, -0.2) is 0 Å². The van der Waals surface area contributed by atoms with Gasteiger partial charge in [0.15, 0.2) is 0 Å². The molecule has 0 bridgehead atoms. The average molecular weight is 286 g/mol. The van der Waals surface area contributed by atoms with E-state index in [-0.39, 0.29) is 6.04 Å². The summed E-state index contributed by atoms with van der Waals surface area (Å²) in [6, 6.07) is 11.4. The number of nitrogens with one attached hydrogen (secondary N) is 1. The van der Waals surface area contributed by atoms with Crippen molar-refractivity contribution in [3.63, 3.8) is 0 Å². The minimum Gasteiger partial charge on any atom is -0.459 e. The van der Waals surface area contributed by atoms with Gasteiger partial charge in [-0.3, -0.25) is 4.90 Å². The SMILES string of the molecule is CCNC(CN1CC(C)CC1C)c1cc2ccccc2o1. The molecule has 0 aliphatic carbocycles. The molecular weight excluding hydrogens is 260 g/mol. The fraction of sp³-hybridized carbons (Fsp3) is 0.556. The maximum Gasteiger partial charge on any atom is 0.134 e. The van der Waals surface area contributed by atoms with Crippen molar-refractivity contribution in [3.8, 4) is 0 Å². The van der Waals surface area contributed by atoms with Crippen molar-refractivity contribution in [2.45, 2.75) is 39.3 Å². The number of nitrogens with zero attached hydrogens (tertiary/aromatic N) is 1. The molecule has 3 rings (SSSR count). The maximum atomic E-state index is 6.07. The second-order valence-electron chi connectivity index (χ2n) is 6.44. The van der Waals surface area contributed by atoms with Gasteiger partial charge in [-0.1, -0.05) is 32.0 Å². The second kappa shape index (κ2) is 6.20. The van der Waals surface area contributed by atoms with Crippen molar-refractivity contribution < 1.29 is 4.42 Å². The van der Waals surface area contributed by atoms with Crippen LogP contribution in [-0.4, -0.2) is 30.6 Å². The molecule has 2 heterocycles. The van der Waals surface area contributed by atoms with Crippen molar-refractivity contribution in [1.29, 1.82) is 0 Å². The first-order valence-electron chi connectivity index (χ1n) is 8.13. The van der Waals surface area contributed by atoms with Gasteiger partial charge in [0.25, 0.3) is 0 Å². The van der Waals surface area contributed by atoms with Gasteiger partial charge in [0, 0.05) is 24.5 Å². The molecule has 1 fully saturated rings. The lowest BCUT2D eigenvalue weighted by Crippen LogP contribution is -2.37. The molecule has 1 aromatic carbocycles. The third-order valence-corrected chi connectivity index (χ3v) is 4.57. The highest BCUT2D eigenvalue weighted by molar-refractivity contribution is 5.77. The van der Waals surface area contributed by atoms with Gasteiger partial charge < -0.3 is 9.73 Å². The average Bonchev–Trinajstić information content (AvgIpc) is 3.01. The summed E-state index contributed by atoms with van der Waals surface area (Å²) in [5, 5.41) is 4.78. The predicted molar refractivity (Wildman–Crippen MR) is 87.4 cm³/mol. The van der Waals surface area contributed by atoms with Crippen LogP contribution < -0.4 is 5.32 Å². The molecule has 1 aromatic heterocycles. The molecule has 1 aliphatic heterocycles. The minimum absolute atomic E-state index is 0.273. The van der Waals surface area contributed by atoms with Crippen molar-refractivity contribution in [1.82, 2.24) is 10.2 Å². The van der Waals surface area contributed by atoms with Gasteiger partial charge in [0.2, 0.25) is 0 Å². The first-order chi connectivity index (χ1) is 10.2.